The van der Waals surface area contributed by atoms with E-state index in [1.165, 1.54) is 0 Å². The van der Waals surface area contributed by atoms with E-state index in [9.17, 15) is 0 Å². The van der Waals surface area contributed by atoms with Gasteiger partial charge in [0.2, 0.25) is 0 Å². The molecule has 4 heterocycles. The van der Waals surface area contributed by atoms with Crippen molar-refractivity contribution >= 4 is 49.3 Å². The number of nitrogens with zero attached hydrogens (tertiary/aromatic N) is 5. The molecule has 0 atom stereocenters. The van der Waals surface area contributed by atoms with Crippen LogP contribution in [-0.2, 0) is 21.1 Å². The molecule has 0 saturated heterocycles. The van der Waals surface area contributed by atoms with Gasteiger partial charge in [0.25, 0.3) is 0 Å². The van der Waals surface area contributed by atoms with Crippen LogP contribution in [0, 0.1) is 12.1 Å². The van der Waals surface area contributed by atoms with Gasteiger partial charge in [-0.25, -0.2) is 4.98 Å². The van der Waals surface area contributed by atoms with Crippen molar-refractivity contribution in [2.45, 2.75) is 0 Å². The predicted molar refractivity (Wildman–Crippen MR) is 144 cm³/mol. The zero-order chi connectivity index (χ0) is 24.3. The van der Waals surface area contributed by atoms with E-state index in [2.05, 4.69) is 68.3 Å². The minimum absolute atomic E-state index is 0. The van der Waals surface area contributed by atoms with Crippen LogP contribution in [0.2, 0.25) is 0 Å². The van der Waals surface area contributed by atoms with Gasteiger partial charge in [-0.15, -0.1) is 35.4 Å². The van der Waals surface area contributed by atoms with Gasteiger partial charge in [-0.1, -0.05) is 58.9 Å². The number of para-hydroxylation sites is 2. The van der Waals surface area contributed by atoms with Crippen LogP contribution in [0.15, 0.2) is 104 Å². The predicted octanol–water partition coefficient (Wildman–Crippen LogP) is 6.92. The summed E-state index contributed by atoms with van der Waals surface area (Å²) < 4.78 is 10.4. The SMILES string of the molecule is [Pt+2].[c-]1c(Oc2[c-]c3c(cc2)c2ccccc2n2cnnc32)cccc1-n1c2ccccc2c2cccnc21. The first kappa shape index (κ1) is 22.6. The molecule has 8 aromatic rings. The third kappa shape index (κ3) is 3.34. The Bertz CT molecular complexity index is 2090. The smallest absolute Gasteiger partial charge is 0.503 e. The van der Waals surface area contributed by atoms with Crippen molar-refractivity contribution in [2.75, 3.05) is 0 Å². The molecule has 7 heteroatoms. The van der Waals surface area contributed by atoms with Crippen LogP contribution in [0.3, 0.4) is 0 Å². The van der Waals surface area contributed by atoms with E-state index in [0.717, 1.165) is 54.9 Å². The first-order valence-electron chi connectivity index (χ1n) is 12.0. The Labute approximate surface area is 231 Å². The Morgan fingerprint density at radius 2 is 1.39 bits per heavy atom. The van der Waals surface area contributed by atoms with E-state index in [-0.39, 0.29) is 21.1 Å². The van der Waals surface area contributed by atoms with Crippen molar-refractivity contribution in [3.8, 4) is 17.2 Å². The molecule has 8 rings (SSSR count). The molecule has 4 aromatic carbocycles. The van der Waals surface area contributed by atoms with Gasteiger partial charge in [0.15, 0.2) is 0 Å². The summed E-state index contributed by atoms with van der Waals surface area (Å²) in [6.45, 7) is 0. The monoisotopic (exact) mass is 670 g/mol. The summed E-state index contributed by atoms with van der Waals surface area (Å²) in [6.07, 6.45) is 3.55. The molecule has 0 radical (unpaired) electrons. The minimum atomic E-state index is 0. The van der Waals surface area contributed by atoms with Crippen molar-refractivity contribution in [1.29, 1.82) is 0 Å². The van der Waals surface area contributed by atoms with E-state index in [4.69, 9.17) is 4.74 Å². The van der Waals surface area contributed by atoms with Crippen LogP contribution >= 0.6 is 0 Å². The van der Waals surface area contributed by atoms with E-state index in [1.54, 1.807) is 6.33 Å². The second-order valence-electron chi connectivity index (χ2n) is 8.88. The number of pyridine rings is 2. The van der Waals surface area contributed by atoms with Gasteiger partial charge in [0.1, 0.15) is 12.0 Å². The molecule has 0 fully saturated rings. The van der Waals surface area contributed by atoms with Crippen molar-refractivity contribution in [3.05, 3.63) is 116 Å². The fourth-order valence-electron chi connectivity index (χ4n) is 5.21. The normalized spacial score (nSPS) is 11.5. The van der Waals surface area contributed by atoms with Crippen molar-refractivity contribution in [2.24, 2.45) is 0 Å². The zero-order valence-corrected chi connectivity index (χ0v) is 22.0. The van der Waals surface area contributed by atoms with Crippen LogP contribution in [-0.4, -0.2) is 24.1 Å². The molecule has 0 amide bonds. The molecule has 4 aromatic heterocycles. The van der Waals surface area contributed by atoms with Crippen molar-refractivity contribution in [1.82, 2.24) is 24.1 Å². The van der Waals surface area contributed by atoms with Crippen molar-refractivity contribution in [3.63, 3.8) is 0 Å². The molecule has 0 aliphatic carbocycles. The van der Waals surface area contributed by atoms with Gasteiger partial charge < -0.3 is 13.7 Å². The first-order chi connectivity index (χ1) is 18.3. The van der Waals surface area contributed by atoms with Gasteiger partial charge in [0, 0.05) is 34.0 Å². The summed E-state index contributed by atoms with van der Waals surface area (Å²) >= 11 is 0. The summed E-state index contributed by atoms with van der Waals surface area (Å²) in [5, 5.41) is 13.8. The van der Waals surface area contributed by atoms with Crippen LogP contribution in [0.25, 0.3) is 54.9 Å². The van der Waals surface area contributed by atoms with Crippen LogP contribution in [0.4, 0.5) is 0 Å². The second-order valence-corrected chi connectivity index (χ2v) is 8.88. The standard InChI is InChI=1S/C31H17N5O.Pt/c1-3-12-28-24(9-1)23-15-14-22(18-27(23)31-34-33-19-35(28)31)37-21-8-5-7-20(17-21)36-29-13-4-2-10-25(29)26-11-6-16-32-30(26)36;/h1-16,19H;/q-2;+2. The van der Waals surface area contributed by atoms with Gasteiger partial charge in [0.05, 0.1) is 11.2 Å². The third-order valence-electron chi connectivity index (χ3n) is 6.79. The average molecular weight is 671 g/mol. The Morgan fingerprint density at radius 3 is 2.29 bits per heavy atom. The van der Waals surface area contributed by atoms with Crippen LogP contribution < -0.4 is 4.74 Å². The zero-order valence-electron chi connectivity index (χ0n) is 19.8. The molecule has 0 unspecified atom stereocenters. The molecular formula is C31H17N5OPt. The number of benzene rings is 4. The fraction of sp³-hybridized carbons (Fsp3) is 0. The molecule has 0 spiro atoms. The average Bonchev–Trinajstić information content (AvgIpc) is 3.57. The molecule has 38 heavy (non-hydrogen) atoms. The Hall–Kier alpha value is -4.54. The van der Waals surface area contributed by atoms with Crippen LogP contribution in [0.5, 0.6) is 11.5 Å². The first-order valence-corrected chi connectivity index (χ1v) is 12.0. The molecule has 0 aliphatic heterocycles. The maximum atomic E-state index is 6.28. The Balaban J connectivity index is 0.00000242. The van der Waals surface area contributed by atoms with Gasteiger partial charge in [-0.2, -0.15) is 11.2 Å². The van der Waals surface area contributed by atoms with Gasteiger partial charge in [-0.05, 0) is 29.7 Å². The number of rotatable bonds is 3. The molecular weight excluding hydrogens is 653 g/mol. The molecule has 182 valence electrons. The second kappa shape index (κ2) is 8.79. The van der Waals surface area contributed by atoms with E-state index in [1.807, 2.05) is 65.2 Å². The summed E-state index contributed by atoms with van der Waals surface area (Å²) in [5.74, 6) is 1.18. The number of hydrogen-bond donors (Lipinski definition) is 0. The van der Waals surface area contributed by atoms with E-state index in [0.29, 0.717) is 11.5 Å². The van der Waals surface area contributed by atoms with Gasteiger partial charge in [-0.3, -0.25) is 0 Å². The molecule has 0 bridgehead atoms. The maximum Gasteiger partial charge on any atom is 2.00 e. The van der Waals surface area contributed by atoms with E-state index < -0.39 is 0 Å². The molecule has 0 aliphatic rings. The summed E-state index contributed by atoms with van der Waals surface area (Å²) in [4.78, 5) is 4.67. The quantitative estimate of drug-likeness (QED) is 0.151. The summed E-state index contributed by atoms with van der Waals surface area (Å²) in [7, 11) is 0. The largest absolute Gasteiger partial charge is 2.00 e. The Morgan fingerprint density at radius 1 is 0.632 bits per heavy atom. The number of fused-ring (bicyclic) bond motifs is 9. The third-order valence-corrected chi connectivity index (χ3v) is 6.79. The van der Waals surface area contributed by atoms with E-state index >= 15 is 0 Å². The van der Waals surface area contributed by atoms with Crippen molar-refractivity contribution < 1.29 is 25.8 Å². The topological polar surface area (TPSA) is 57.2 Å². The minimum Gasteiger partial charge on any atom is -0.503 e. The summed E-state index contributed by atoms with van der Waals surface area (Å²) in [5.41, 5.74) is 4.61. The van der Waals surface area contributed by atoms with Gasteiger partial charge >= 0.3 is 21.1 Å². The molecule has 6 nitrogen and oxygen atoms in total. The maximum absolute atomic E-state index is 6.28. The number of aromatic nitrogens is 5. The Kier molecular flexibility index (Phi) is 5.24. The molecule has 0 N–H and O–H groups in total. The van der Waals surface area contributed by atoms with Crippen LogP contribution in [0.1, 0.15) is 0 Å². The summed E-state index contributed by atoms with van der Waals surface area (Å²) in [6, 6.07) is 37.3. The fourth-order valence-corrected chi connectivity index (χ4v) is 5.21. The number of hydrogen-bond acceptors (Lipinski definition) is 4. The molecule has 0 saturated carbocycles. The number of ether oxygens (including phenoxy) is 1.